The van der Waals surface area contributed by atoms with Gasteiger partial charge in [-0.3, -0.25) is 4.79 Å². The molecule has 2 N–H and O–H groups in total. The number of pyridine rings is 1. The predicted molar refractivity (Wildman–Crippen MR) is 102 cm³/mol. The highest BCUT2D eigenvalue weighted by atomic mass is 16.5. The minimum absolute atomic E-state index is 0.0842. The average Bonchev–Trinajstić information content (AvgIpc) is 2.67. The fraction of sp³-hybridized carbons (Fsp3) is 0.526. The molecule has 7 heteroatoms. The largest absolute Gasteiger partial charge is 0.381 e. The SMILES string of the molecule is CCc1cc(=O)[nH]c(-c2ccc(NCC3(N(C)C)CCOCC3)nc2)n1. The van der Waals surface area contributed by atoms with Gasteiger partial charge in [0.2, 0.25) is 0 Å². The van der Waals surface area contributed by atoms with E-state index in [0.717, 1.165) is 56.1 Å². The lowest BCUT2D eigenvalue weighted by Crippen LogP contribution is -2.53. The number of aromatic amines is 1. The number of H-pyrrole nitrogens is 1. The van der Waals surface area contributed by atoms with Gasteiger partial charge < -0.3 is 19.9 Å². The minimum Gasteiger partial charge on any atom is -0.381 e. The van der Waals surface area contributed by atoms with Gasteiger partial charge >= 0.3 is 0 Å². The first-order valence-electron chi connectivity index (χ1n) is 9.08. The van der Waals surface area contributed by atoms with Gasteiger partial charge in [-0.2, -0.15) is 0 Å². The molecule has 0 aromatic carbocycles. The van der Waals surface area contributed by atoms with Gasteiger partial charge in [0.15, 0.2) is 0 Å². The van der Waals surface area contributed by atoms with Crippen LogP contribution in [-0.4, -0.2) is 59.2 Å². The van der Waals surface area contributed by atoms with E-state index in [1.54, 1.807) is 6.20 Å². The van der Waals surface area contributed by atoms with Crippen molar-refractivity contribution >= 4 is 5.82 Å². The number of aryl methyl sites for hydroxylation is 1. The predicted octanol–water partition coefficient (Wildman–Crippen LogP) is 1.92. The molecule has 0 amide bonds. The van der Waals surface area contributed by atoms with Crippen LogP contribution < -0.4 is 10.9 Å². The van der Waals surface area contributed by atoms with Crippen molar-refractivity contribution in [1.29, 1.82) is 0 Å². The van der Waals surface area contributed by atoms with E-state index in [1.165, 1.54) is 6.07 Å². The van der Waals surface area contributed by atoms with Gasteiger partial charge in [0.1, 0.15) is 11.6 Å². The molecule has 3 heterocycles. The molecule has 0 atom stereocenters. The molecule has 1 saturated heterocycles. The summed E-state index contributed by atoms with van der Waals surface area (Å²) in [6.07, 6.45) is 4.47. The summed E-state index contributed by atoms with van der Waals surface area (Å²) in [6.45, 7) is 4.38. The molecule has 0 bridgehead atoms. The van der Waals surface area contributed by atoms with Gasteiger partial charge in [-0.15, -0.1) is 0 Å². The number of hydrogen-bond donors (Lipinski definition) is 2. The average molecular weight is 357 g/mol. The lowest BCUT2D eigenvalue weighted by atomic mass is 9.88. The number of hydrogen-bond acceptors (Lipinski definition) is 6. The number of nitrogens with zero attached hydrogens (tertiary/aromatic N) is 3. The molecule has 1 aliphatic rings. The first-order valence-corrected chi connectivity index (χ1v) is 9.08. The molecule has 0 aliphatic carbocycles. The molecule has 0 unspecified atom stereocenters. The van der Waals surface area contributed by atoms with Crippen molar-refractivity contribution < 1.29 is 4.74 Å². The Morgan fingerprint density at radius 1 is 1.31 bits per heavy atom. The standard InChI is InChI=1S/C19H27N5O2/c1-4-15-11-17(25)23-18(22-15)14-5-6-16(20-12-14)21-13-19(24(2)3)7-9-26-10-8-19/h5-6,11-12H,4,7-10,13H2,1-3H3,(H,20,21)(H,22,23,25). The number of aromatic nitrogens is 3. The molecule has 2 aromatic rings. The Morgan fingerprint density at radius 3 is 2.69 bits per heavy atom. The molecule has 0 saturated carbocycles. The minimum atomic E-state index is -0.138. The van der Waals surface area contributed by atoms with Crippen molar-refractivity contribution in [2.24, 2.45) is 0 Å². The van der Waals surface area contributed by atoms with Crippen molar-refractivity contribution in [1.82, 2.24) is 19.9 Å². The Kier molecular flexibility index (Phi) is 5.68. The van der Waals surface area contributed by atoms with Crippen molar-refractivity contribution in [3.63, 3.8) is 0 Å². The molecule has 2 aromatic heterocycles. The van der Waals surface area contributed by atoms with Crippen LogP contribution in [0.5, 0.6) is 0 Å². The van der Waals surface area contributed by atoms with Crippen LogP contribution in [0.15, 0.2) is 29.2 Å². The zero-order chi connectivity index (χ0) is 18.6. The van der Waals surface area contributed by atoms with Crippen molar-refractivity contribution in [3.05, 3.63) is 40.4 Å². The Bertz CT molecular complexity index is 779. The van der Waals surface area contributed by atoms with Gasteiger partial charge in [-0.05, 0) is 45.5 Å². The lowest BCUT2D eigenvalue weighted by Gasteiger charge is -2.43. The summed E-state index contributed by atoms with van der Waals surface area (Å²) in [5.41, 5.74) is 1.53. The van der Waals surface area contributed by atoms with E-state index >= 15 is 0 Å². The molecule has 3 rings (SSSR count). The van der Waals surface area contributed by atoms with Gasteiger partial charge in [0.25, 0.3) is 5.56 Å². The maximum absolute atomic E-state index is 11.7. The molecule has 0 spiro atoms. The zero-order valence-electron chi connectivity index (χ0n) is 15.7. The van der Waals surface area contributed by atoms with Crippen LogP contribution in [0.2, 0.25) is 0 Å². The highest BCUT2D eigenvalue weighted by Crippen LogP contribution is 2.26. The topological polar surface area (TPSA) is 83.1 Å². The van der Waals surface area contributed by atoms with E-state index in [-0.39, 0.29) is 11.1 Å². The second kappa shape index (κ2) is 7.97. The van der Waals surface area contributed by atoms with Crippen LogP contribution in [0, 0.1) is 0 Å². The maximum Gasteiger partial charge on any atom is 0.251 e. The Balaban J connectivity index is 1.72. The summed E-state index contributed by atoms with van der Waals surface area (Å²) in [6, 6.07) is 5.39. The van der Waals surface area contributed by atoms with E-state index in [1.807, 2.05) is 19.1 Å². The summed E-state index contributed by atoms with van der Waals surface area (Å²) >= 11 is 0. The monoisotopic (exact) mass is 357 g/mol. The van der Waals surface area contributed by atoms with Gasteiger partial charge in [0.05, 0.1) is 0 Å². The number of likely N-dealkylation sites (N-methyl/N-ethyl adjacent to an activating group) is 1. The third-order valence-electron chi connectivity index (χ3n) is 5.16. The van der Waals surface area contributed by atoms with Gasteiger partial charge in [-0.25, -0.2) is 9.97 Å². The summed E-state index contributed by atoms with van der Waals surface area (Å²) in [4.78, 5) is 25.8. The molecule has 7 nitrogen and oxygen atoms in total. The molecule has 1 aliphatic heterocycles. The van der Waals surface area contributed by atoms with Crippen LogP contribution in [0.1, 0.15) is 25.5 Å². The quantitative estimate of drug-likeness (QED) is 0.822. The Morgan fingerprint density at radius 2 is 2.08 bits per heavy atom. The highest BCUT2D eigenvalue weighted by molar-refractivity contribution is 5.55. The van der Waals surface area contributed by atoms with E-state index in [4.69, 9.17) is 4.74 Å². The van der Waals surface area contributed by atoms with E-state index in [9.17, 15) is 4.79 Å². The van der Waals surface area contributed by atoms with Crippen LogP contribution in [0.4, 0.5) is 5.82 Å². The zero-order valence-corrected chi connectivity index (χ0v) is 15.7. The number of ether oxygens (including phenoxy) is 1. The Labute approximate surface area is 153 Å². The van der Waals surface area contributed by atoms with Crippen LogP contribution in [-0.2, 0) is 11.2 Å². The van der Waals surface area contributed by atoms with Crippen molar-refractivity contribution in [2.45, 2.75) is 31.7 Å². The lowest BCUT2D eigenvalue weighted by molar-refractivity contribution is -0.000663. The van der Waals surface area contributed by atoms with Gasteiger partial charge in [0, 0.05) is 48.8 Å². The summed E-state index contributed by atoms with van der Waals surface area (Å²) < 4.78 is 5.51. The van der Waals surface area contributed by atoms with Crippen LogP contribution in [0.3, 0.4) is 0 Å². The third-order valence-corrected chi connectivity index (χ3v) is 5.16. The molecule has 1 fully saturated rings. The maximum atomic E-state index is 11.7. The van der Waals surface area contributed by atoms with Crippen molar-refractivity contribution in [3.8, 4) is 11.4 Å². The number of rotatable bonds is 6. The molecular weight excluding hydrogens is 330 g/mol. The molecular formula is C19H27N5O2. The third kappa shape index (κ3) is 4.11. The first-order chi connectivity index (χ1) is 12.5. The summed E-state index contributed by atoms with van der Waals surface area (Å²) in [5, 5.41) is 3.45. The van der Waals surface area contributed by atoms with Crippen molar-refractivity contribution in [2.75, 3.05) is 39.2 Å². The number of anilines is 1. The van der Waals surface area contributed by atoms with Gasteiger partial charge in [-0.1, -0.05) is 6.92 Å². The molecule has 0 radical (unpaired) electrons. The number of nitrogens with one attached hydrogen (secondary N) is 2. The van der Waals surface area contributed by atoms with Crippen LogP contribution >= 0.6 is 0 Å². The second-order valence-electron chi connectivity index (χ2n) is 6.96. The van der Waals surface area contributed by atoms with Crippen LogP contribution in [0.25, 0.3) is 11.4 Å². The first kappa shape index (κ1) is 18.5. The van der Waals surface area contributed by atoms with E-state index in [0.29, 0.717) is 5.82 Å². The normalized spacial score (nSPS) is 16.6. The highest BCUT2D eigenvalue weighted by Gasteiger charge is 2.34. The van der Waals surface area contributed by atoms with E-state index in [2.05, 4.69) is 39.3 Å². The Hall–Kier alpha value is -2.25. The molecule has 26 heavy (non-hydrogen) atoms. The molecule has 140 valence electrons. The summed E-state index contributed by atoms with van der Waals surface area (Å²) in [5.74, 6) is 1.37. The van der Waals surface area contributed by atoms with E-state index < -0.39 is 0 Å². The summed E-state index contributed by atoms with van der Waals surface area (Å²) in [7, 11) is 4.23. The fourth-order valence-corrected chi connectivity index (χ4v) is 3.25. The second-order valence-corrected chi connectivity index (χ2v) is 6.96. The fourth-order valence-electron chi connectivity index (χ4n) is 3.25. The smallest absolute Gasteiger partial charge is 0.251 e.